The molecule has 0 aliphatic rings. The topological polar surface area (TPSA) is 177 Å². The van der Waals surface area contributed by atoms with Gasteiger partial charge in [0, 0.05) is 85.2 Å². The van der Waals surface area contributed by atoms with Crippen LogP contribution in [-0.4, -0.2) is 74.0 Å². The Bertz CT molecular complexity index is 3350. The molecule has 0 aromatic rings. The molecule has 1 amide bonds. The Hall–Kier alpha value is -11.2. The number of hydrogen-bond acceptors (Lipinski definition) is 11. The summed E-state index contributed by atoms with van der Waals surface area (Å²) in [5, 5.41) is 2.11. The average Bonchev–Trinajstić information content (AvgIpc) is 3.35. The van der Waals surface area contributed by atoms with Gasteiger partial charge in [0.15, 0.2) is 0 Å². The molecule has 0 aromatic carbocycles. The van der Waals surface area contributed by atoms with E-state index >= 15 is 0 Å². The smallest absolute Gasteiger partial charge is 0.340 e. The molecular formula is C58H112Cl2N2O10. The fraction of sp³-hybridized carbons (Fsp3) is 0.207. The zero-order valence-electron chi connectivity index (χ0n) is 39.1. The lowest BCUT2D eigenvalue weighted by Gasteiger charge is -2.14. The third kappa shape index (κ3) is 54.9. The number of halogens is 2. The first-order chi connectivity index (χ1) is 34.5. The Morgan fingerprint density at radius 3 is 0.889 bits per heavy atom. The standard InChI is InChI=1S/C29H15NO5.C21H4.C7H13NO4.CHClO.ClH.39H2/c1-4-7-8-9-10-11-12-13-14-15-16-17-18-19-20-21-22-23-24-25-26(31)30-27(28(32)34-5-2)29(33)35-6-3;1-3-5-7-9-11-13-15-17-19-21-20-18-16-14-12-10-8-6-4-2;1-3-11-6(9)5(8)7(10)12-4-2;2-1-3;;;;;;;;;;;;;;;;;;;;;;;;;;;;;;;;;;;;;;;;/h27H,5-6H2,1-3H3,(H,30,31);1H,2H3;5H,3-4,8H2,1-2H3;1H;40*1H. The fourth-order valence-electron chi connectivity index (χ4n) is 2.61. The Morgan fingerprint density at radius 1 is 0.458 bits per heavy atom. The zero-order chi connectivity index (χ0) is 53.7. The van der Waals surface area contributed by atoms with Gasteiger partial charge in [0.25, 0.3) is 5.91 Å². The largest absolute Gasteiger partial charge is 0.464 e. The number of esters is 4. The SMILES string of the molecule is C#CC#CC#CC#CC#CC#CC#CC#CC#CC#CC.CC#CC#CC#CC#CC#CC#CC#CC#CC#CC#CC(=O)NC(C(=O)OCC)C(=O)OCC.CCOC(=O)C(N)C(=O)OCC.Cl.O=CCl.[HH].[HH].[HH].[HH].[HH].[HH].[HH].[HH].[HH].[HH].[HH].[HH].[HH].[HH].[HH].[HH].[HH].[HH].[HH].[HH].[HH].[HH].[HH].[HH].[HH].[HH].[HH].[HH].[HH].[HH].[HH].[HH].[HH].[HH].[HH].[HH].[HH].[HH].[HH]. The Morgan fingerprint density at radius 2 is 0.667 bits per heavy atom. The summed E-state index contributed by atoms with van der Waals surface area (Å²) in [5.74, 6) is 91.4. The van der Waals surface area contributed by atoms with Gasteiger partial charge in [0.05, 0.1) is 26.4 Å². The maximum absolute atomic E-state index is 11.8. The lowest BCUT2D eigenvalue weighted by molar-refractivity contribution is -0.159. The summed E-state index contributed by atoms with van der Waals surface area (Å²) in [6.45, 7) is 10.2. The molecule has 0 aromatic heterocycles. The minimum atomic E-state index is -1.61. The molecule has 0 aliphatic heterocycles. The van der Waals surface area contributed by atoms with Crippen LogP contribution in [-0.2, 0) is 47.7 Å². The van der Waals surface area contributed by atoms with E-state index in [4.69, 9.17) is 26.4 Å². The van der Waals surface area contributed by atoms with Crippen molar-refractivity contribution in [1.82, 2.24) is 5.32 Å². The summed E-state index contributed by atoms with van der Waals surface area (Å²) < 4.78 is 18.5. The second-order valence-corrected chi connectivity index (χ2v) is 9.80. The molecule has 0 heterocycles. The molecule has 0 radical (unpaired) electrons. The van der Waals surface area contributed by atoms with Crippen LogP contribution in [0.1, 0.15) is 97.2 Å². The number of ether oxygens (including phenoxy) is 4. The highest BCUT2D eigenvalue weighted by Gasteiger charge is 2.30. The molecule has 0 aliphatic carbocycles. The monoisotopic (exact) mass is 1070 g/mol. The Labute approximate surface area is 491 Å². The predicted molar refractivity (Wildman–Crippen MR) is 357 cm³/mol. The second kappa shape index (κ2) is 59.8. The van der Waals surface area contributed by atoms with E-state index in [0.717, 1.165) is 0 Å². The third-order valence-corrected chi connectivity index (χ3v) is 4.96. The summed E-state index contributed by atoms with van der Waals surface area (Å²) in [6.07, 6.45) is 4.90. The summed E-state index contributed by atoms with van der Waals surface area (Å²) in [5.41, 5.74) is 5.18. The van der Waals surface area contributed by atoms with Gasteiger partial charge >= 0.3 is 23.9 Å². The average molecular weight is 1070 g/mol. The number of hydrogen-bond donors (Lipinski definition) is 2. The summed E-state index contributed by atoms with van der Waals surface area (Å²) in [7, 11) is 0. The van der Waals surface area contributed by atoms with Crippen molar-refractivity contribution in [2.75, 3.05) is 26.4 Å². The van der Waals surface area contributed by atoms with E-state index in [9.17, 15) is 24.0 Å². The quantitative estimate of drug-likeness (QED) is 0.0561. The number of amides is 1. The molecule has 0 atom stereocenters. The number of nitrogens with one attached hydrogen (secondary N) is 1. The molecule has 0 fully saturated rings. The van der Waals surface area contributed by atoms with Crippen molar-refractivity contribution in [2.45, 2.75) is 53.6 Å². The van der Waals surface area contributed by atoms with E-state index in [1.54, 1.807) is 41.5 Å². The van der Waals surface area contributed by atoms with Crippen molar-refractivity contribution in [3.63, 3.8) is 0 Å². The van der Waals surface area contributed by atoms with E-state index in [0.29, 0.717) is 0 Å². The fourth-order valence-corrected chi connectivity index (χ4v) is 2.61. The van der Waals surface area contributed by atoms with Crippen LogP contribution in [0.15, 0.2) is 0 Å². The molecule has 0 bridgehead atoms. The highest BCUT2D eigenvalue weighted by Crippen LogP contribution is 1.95. The maximum atomic E-state index is 11.8. The van der Waals surface area contributed by atoms with Gasteiger partial charge in [-0.2, -0.15) is 0 Å². The van der Waals surface area contributed by atoms with Crippen LogP contribution in [0.5, 0.6) is 0 Å². The number of rotatable bonds is 9. The van der Waals surface area contributed by atoms with Gasteiger partial charge in [-0.1, -0.05) is 11.8 Å². The molecule has 14 heteroatoms. The maximum Gasteiger partial charge on any atom is 0.340 e. The van der Waals surface area contributed by atoms with Crippen molar-refractivity contribution in [2.24, 2.45) is 5.73 Å². The van der Waals surface area contributed by atoms with E-state index in [1.165, 1.54) is 0 Å². The van der Waals surface area contributed by atoms with Crippen LogP contribution < -0.4 is 11.1 Å². The van der Waals surface area contributed by atoms with Crippen molar-refractivity contribution in [1.29, 1.82) is 0 Å². The van der Waals surface area contributed by atoms with Gasteiger partial charge in [-0.3, -0.25) is 9.59 Å². The van der Waals surface area contributed by atoms with Crippen LogP contribution in [0.3, 0.4) is 0 Å². The molecule has 3 N–H and O–H groups in total. The molecular weight excluding hydrogens is 956 g/mol. The summed E-state index contributed by atoms with van der Waals surface area (Å²) >= 11 is 4.32. The van der Waals surface area contributed by atoms with Crippen LogP contribution >= 0.6 is 24.0 Å². The van der Waals surface area contributed by atoms with E-state index < -0.39 is 41.9 Å². The first kappa shape index (κ1) is 69.8. The number of nitrogens with two attached hydrogens (primary N) is 1. The zero-order valence-corrected chi connectivity index (χ0v) is 40.7. The number of terminal acetylenes is 1. The predicted octanol–water partition coefficient (Wildman–Crippen LogP) is 10.2. The molecule has 0 saturated heterocycles. The van der Waals surface area contributed by atoms with Crippen LogP contribution in [0, 0.1) is 237 Å². The molecule has 428 valence electrons. The highest BCUT2D eigenvalue weighted by molar-refractivity contribution is 6.54. The number of carbonyl (C=O) groups excluding carboxylic acids is 6. The lowest BCUT2D eigenvalue weighted by Crippen LogP contribution is -2.47. The highest BCUT2D eigenvalue weighted by atomic mass is 35.5. The lowest BCUT2D eigenvalue weighted by atomic mass is 10.3. The minimum Gasteiger partial charge on any atom is -0.464 e. The van der Waals surface area contributed by atoms with Gasteiger partial charge < -0.3 is 30.0 Å². The van der Waals surface area contributed by atoms with E-state index in [-0.39, 0.29) is 100 Å². The number of carbonyl (C=O) groups is 6. The van der Waals surface area contributed by atoms with Crippen LogP contribution in [0.4, 0.5) is 0 Å². The first-order valence-electron chi connectivity index (χ1n) is 19.1. The normalized spacial score (nSPS) is 6.01. The molecule has 0 rings (SSSR count). The molecule has 0 spiro atoms. The van der Waals surface area contributed by atoms with Crippen LogP contribution in [0.25, 0.3) is 0 Å². The molecule has 12 nitrogen and oxygen atoms in total. The minimum absolute atomic E-state index is 0. The van der Waals surface area contributed by atoms with E-state index in [1.807, 2.05) is 0 Å². The van der Waals surface area contributed by atoms with Gasteiger partial charge in [-0.25, -0.2) is 19.2 Å². The summed E-state index contributed by atoms with van der Waals surface area (Å²) in [4.78, 5) is 65.5. The second-order valence-electron chi connectivity index (χ2n) is 9.63. The Kier molecular flexibility index (Phi) is 57.9. The van der Waals surface area contributed by atoms with E-state index in [2.05, 4.69) is 257 Å². The summed E-state index contributed by atoms with van der Waals surface area (Å²) in [6, 6.07) is -2.93. The van der Waals surface area contributed by atoms with Crippen molar-refractivity contribution in [3.8, 4) is 237 Å². The molecule has 0 saturated carbocycles. The van der Waals surface area contributed by atoms with Gasteiger partial charge in [-0.15, -0.1) is 18.8 Å². The molecule has 72 heavy (non-hydrogen) atoms. The van der Waals surface area contributed by atoms with Gasteiger partial charge in [-0.05, 0) is 243 Å². The first-order valence-corrected chi connectivity index (χ1v) is 19.5. The van der Waals surface area contributed by atoms with Gasteiger partial charge in [0.2, 0.25) is 17.8 Å². The van der Waals surface area contributed by atoms with Crippen molar-refractivity contribution < 1.29 is 103 Å². The third-order valence-electron chi connectivity index (χ3n) is 4.96. The van der Waals surface area contributed by atoms with Crippen molar-refractivity contribution in [3.05, 3.63) is 0 Å². The van der Waals surface area contributed by atoms with Gasteiger partial charge in [0.1, 0.15) is 0 Å². The Balaban J connectivity index is -0.0000000127. The van der Waals surface area contributed by atoms with Crippen molar-refractivity contribution >= 4 is 59.5 Å². The molecule has 0 unspecified atom stereocenters. The van der Waals surface area contributed by atoms with Crippen LogP contribution in [0.2, 0.25) is 0 Å².